The molecule has 0 bridgehead atoms. The van der Waals surface area contributed by atoms with E-state index < -0.39 is 6.10 Å². The summed E-state index contributed by atoms with van der Waals surface area (Å²) in [7, 11) is 1.52. The third-order valence-corrected chi connectivity index (χ3v) is 4.18. The lowest BCUT2D eigenvalue weighted by atomic mass is 10.0. The molecule has 1 aromatic heterocycles. The van der Waals surface area contributed by atoms with Gasteiger partial charge in [0.05, 0.1) is 31.4 Å². The van der Waals surface area contributed by atoms with E-state index in [1.807, 2.05) is 0 Å². The Kier molecular flexibility index (Phi) is 4.76. The molecule has 0 radical (unpaired) electrons. The molecule has 1 aromatic carbocycles. The van der Waals surface area contributed by atoms with Crippen molar-refractivity contribution in [3.05, 3.63) is 59.5 Å². The van der Waals surface area contributed by atoms with Gasteiger partial charge in [-0.05, 0) is 30.2 Å². The van der Waals surface area contributed by atoms with Crippen LogP contribution in [0.5, 0.6) is 5.88 Å². The molecule has 0 saturated carbocycles. The number of nitrogens with zero attached hydrogens (tertiary/aromatic N) is 2. The molecule has 1 aliphatic heterocycles. The second kappa shape index (κ2) is 6.97. The number of β-amino-alcohol motifs (C(OH)–C–C–N with tert-alkyl or cyclic N) is 1. The van der Waals surface area contributed by atoms with Gasteiger partial charge in [0.25, 0.3) is 0 Å². The van der Waals surface area contributed by atoms with Gasteiger partial charge in [-0.3, -0.25) is 4.79 Å². The molecule has 2 heterocycles. The van der Waals surface area contributed by atoms with Gasteiger partial charge in [0.1, 0.15) is 5.82 Å². The predicted molar refractivity (Wildman–Crippen MR) is 86.0 cm³/mol. The second-order valence-electron chi connectivity index (χ2n) is 5.85. The van der Waals surface area contributed by atoms with E-state index in [2.05, 4.69) is 4.98 Å². The molecule has 3 rings (SSSR count). The fourth-order valence-corrected chi connectivity index (χ4v) is 3.02. The standard InChI is InChI=1S/C18H19FN2O3/c1-24-17-4-2-3-14(20-17)9-18(23)21-11-15(22)10-16(21)12-5-7-13(19)8-6-12/h2-8,15-16,22H,9-11H2,1H3. The van der Waals surface area contributed by atoms with Crippen molar-refractivity contribution in [3.63, 3.8) is 0 Å². The molecule has 5 nitrogen and oxygen atoms in total. The number of amides is 1. The van der Waals surface area contributed by atoms with E-state index in [9.17, 15) is 14.3 Å². The summed E-state index contributed by atoms with van der Waals surface area (Å²) in [6, 6.07) is 11.1. The number of carbonyl (C=O) groups is 1. The maximum Gasteiger partial charge on any atom is 0.229 e. The van der Waals surface area contributed by atoms with Crippen LogP contribution >= 0.6 is 0 Å². The Bertz CT molecular complexity index is 720. The number of halogens is 1. The fourth-order valence-electron chi connectivity index (χ4n) is 3.02. The van der Waals surface area contributed by atoms with Crippen molar-refractivity contribution >= 4 is 5.91 Å². The SMILES string of the molecule is COc1cccc(CC(=O)N2CC(O)CC2c2ccc(F)cc2)n1. The highest BCUT2D eigenvalue weighted by Crippen LogP contribution is 2.32. The average molecular weight is 330 g/mol. The number of aromatic nitrogens is 1. The molecule has 0 spiro atoms. The van der Waals surface area contributed by atoms with Gasteiger partial charge >= 0.3 is 0 Å². The number of hydrogen-bond donors (Lipinski definition) is 1. The number of hydrogen-bond acceptors (Lipinski definition) is 4. The third-order valence-electron chi connectivity index (χ3n) is 4.18. The number of methoxy groups -OCH3 is 1. The number of aliphatic hydroxyl groups excluding tert-OH is 1. The van der Waals surface area contributed by atoms with Crippen LogP contribution in [-0.2, 0) is 11.2 Å². The largest absolute Gasteiger partial charge is 0.481 e. The zero-order valence-electron chi connectivity index (χ0n) is 13.4. The highest BCUT2D eigenvalue weighted by molar-refractivity contribution is 5.79. The van der Waals surface area contributed by atoms with E-state index >= 15 is 0 Å². The molecule has 1 fully saturated rings. The van der Waals surface area contributed by atoms with Crippen molar-refractivity contribution in [1.82, 2.24) is 9.88 Å². The molecule has 0 aliphatic carbocycles. The minimum Gasteiger partial charge on any atom is -0.481 e. The van der Waals surface area contributed by atoms with E-state index in [0.29, 0.717) is 18.0 Å². The molecule has 1 amide bonds. The normalized spacial score (nSPS) is 20.2. The van der Waals surface area contributed by atoms with Crippen molar-refractivity contribution in [2.45, 2.75) is 25.0 Å². The number of likely N-dealkylation sites (tertiary alicyclic amines) is 1. The summed E-state index contributed by atoms with van der Waals surface area (Å²) >= 11 is 0. The van der Waals surface area contributed by atoms with E-state index in [4.69, 9.17) is 4.74 Å². The van der Waals surface area contributed by atoms with Crippen LogP contribution < -0.4 is 4.74 Å². The summed E-state index contributed by atoms with van der Waals surface area (Å²) in [5.41, 5.74) is 1.43. The zero-order valence-corrected chi connectivity index (χ0v) is 13.4. The van der Waals surface area contributed by atoms with Gasteiger partial charge in [0, 0.05) is 12.6 Å². The molecule has 24 heavy (non-hydrogen) atoms. The topological polar surface area (TPSA) is 62.7 Å². The second-order valence-corrected chi connectivity index (χ2v) is 5.85. The van der Waals surface area contributed by atoms with Crippen molar-refractivity contribution in [2.24, 2.45) is 0 Å². The Morgan fingerprint density at radius 3 is 2.79 bits per heavy atom. The molecule has 2 unspecified atom stereocenters. The van der Waals surface area contributed by atoms with Crippen molar-refractivity contribution in [1.29, 1.82) is 0 Å². The Morgan fingerprint density at radius 2 is 2.08 bits per heavy atom. The number of pyridine rings is 1. The summed E-state index contributed by atoms with van der Waals surface area (Å²) in [5, 5.41) is 9.98. The summed E-state index contributed by atoms with van der Waals surface area (Å²) in [4.78, 5) is 18.6. The van der Waals surface area contributed by atoms with Gasteiger partial charge < -0.3 is 14.7 Å². The van der Waals surface area contributed by atoms with Crippen LogP contribution in [0, 0.1) is 5.82 Å². The molecule has 6 heteroatoms. The van der Waals surface area contributed by atoms with Crippen molar-refractivity contribution in [2.75, 3.05) is 13.7 Å². The Hall–Kier alpha value is -2.47. The van der Waals surface area contributed by atoms with Crippen molar-refractivity contribution in [3.8, 4) is 5.88 Å². The number of ether oxygens (including phenoxy) is 1. The number of rotatable bonds is 4. The monoisotopic (exact) mass is 330 g/mol. The number of benzene rings is 1. The molecular formula is C18H19FN2O3. The van der Waals surface area contributed by atoms with Crippen LogP contribution in [0.2, 0.25) is 0 Å². The first kappa shape index (κ1) is 16.4. The average Bonchev–Trinajstić information content (AvgIpc) is 2.97. The van der Waals surface area contributed by atoms with Crippen LogP contribution in [-0.4, -0.2) is 40.7 Å². The van der Waals surface area contributed by atoms with Gasteiger partial charge in [-0.15, -0.1) is 0 Å². The molecule has 2 aromatic rings. The third kappa shape index (κ3) is 3.54. The lowest BCUT2D eigenvalue weighted by molar-refractivity contribution is -0.131. The summed E-state index contributed by atoms with van der Waals surface area (Å²) in [6.07, 6.45) is -0.00729. The first-order valence-corrected chi connectivity index (χ1v) is 7.79. The van der Waals surface area contributed by atoms with Crippen LogP contribution in [0.25, 0.3) is 0 Å². The van der Waals surface area contributed by atoms with Gasteiger partial charge in [-0.2, -0.15) is 0 Å². The predicted octanol–water partition coefficient (Wildman–Crippen LogP) is 2.11. The Labute approximate surface area is 139 Å². The number of aliphatic hydroxyl groups is 1. The minimum atomic E-state index is -0.581. The number of carbonyl (C=O) groups excluding carboxylic acids is 1. The smallest absolute Gasteiger partial charge is 0.229 e. The highest BCUT2D eigenvalue weighted by atomic mass is 19.1. The Morgan fingerprint density at radius 1 is 1.33 bits per heavy atom. The molecular weight excluding hydrogens is 311 g/mol. The van der Waals surface area contributed by atoms with E-state index in [0.717, 1.165) is 5.56 Å². The highest BCUT2D eigenvalue weighted by Gasteiger charge is 2.35. The van der Waals surface area contributed by atoms with Crippen molar-refractivity contribution < 1.29 is 19.0 Å². The van der Waals surface area contributed by atoms with Gasteiger partial charge in [0.2, 0.25) is 11.8 Å². The molecule has 2 atom stereocenters. The van der Waals surface area contributed by atoms with Crippen LogP contribution in [0.4, 0.5) is 4.39 Å². The first-order valence-electron chi connectivity index (χ1n) is 7.79. The molecule has 1 N–H and O–H groups in total. The van der Waals surface area contributed by atoms with E-state index in [1.165, 1.54) is 19.2 Å². The lowest BCUT2D eigenvalue weighted by Crippen LogP contribution is -2.33. The zero-order chi connectivity index (χ0) is 17.1. The quantitative estimate of drug-likeness (QED) is 0.933. The minimum absolute atomic E-state index is 0.123. The van der Waals surface area contributed by atoms with Gasteiger partial charge in [0.15, 0.2) is 0 Å². The van der Waals surface area contributed by atoms with Crippen LogP contribution in [0.1, 0.15) is 23.7 Å². The molecule has 126 valence electrons. The Balaban J connectivity index is 1.77. The van der Waals surface area contributed by atoms with Crippen LogP contribution in [0.3, 0.4) is 0 Å². The molecule has 1 aliphatic rings. The van der Waals surface area contributed by atoms with Gasteiger partial charge in [-0.25, -0.2) is 9.37 Å². The van der Waals surface area contributed by atoms with E-state index in [1.54, 1.807) is 35.2 Å². The fraction of sp³-hybridized carbons (Fsp3) is 0.333. The maximum absolute atomic E-state index is 13.1. The first-order chi connectivity index (χ1) is 11.6. The summed E-state index contributed by atoms with van der Waals surface area (Å²) in [5.74, 6) is 0.00854. The molecule has 1 saturated heterocycles. The summed E-state index contributed by atoms with van der Waals surface area (Å²) < 4.78 is 18.2. The lowest BCUT2D eigenvalue weighted by Gasteiger charge is -2.24. The summed E-state index contributed by atoms with van der Waals surface area (Å²) in [6.45, 7) is 0.269. The maximum atomic E-state index is 13.1. The van der Waals surface area contributed by atoms with Crippen LogP contribution in [0.15, 0.2) is 42.5 Å². The van der Waals surface area contributed by atoms with Gasteiger partial charge in [-0.1, -0.05) is 18.2 Å². The van der Waals surface area contributed by atoms with E-state index in [-0.39, 0.29) is 30.7 Å².